The number of aromatic nitrogens is 1. The molecule has 0 fully saturated rings. The summed E-state index contributed by atoms with van der Waals surface area (Å²) in [5.41, 5.74) is 0.825. The molecule has 1 atom stereocenters. The van der Waals surface area contributed by atoms with Crippen LogP contribution in [0.3, 0.4) is 0 Å². The van der Waals surface area contributed by atoms with Crippen molar-refractivity contribution in [3.8, 4) is 11.5 Å². The number of hydrogen-bond donors (Lipinski definition) is 0. The number of halogens is 1. The lowest BCUT2D eigenvalue weighted by molar-refractivity contribution is 0.559. The van der Waals surface area contributed by atoms with Crippen molar-refractivity contribution in [3.05, 3.63) is 41.2 Å². The van der Waals surface area contributed by atoms with Crippen molar-refractivity contribution in [2.45, 2.75) is 25.5 Å². The highest BCUT2D eigenvalue weighted by molar-refractivity contribution is 7.91. The summed E-state index contributed by atoms with van der Waals surface area (Å²) in [5.74, 6) is 0.942. The fourth-order valence-electron chi connectivity index (χ4n) is 1.33. The molecular weight excluding hydrogens is 296 g/mol. The predicted octanol–water partition coefficient (Wildman–Crippen LogP) is 3.88. The highest BCUT2D eigenvalue weighted by Gasteiger charge is 2.26. The zero-order chi connectivity index (χ0) is 14.8. The van der Waals surface area contributed by atoms with Gasteiger partial charge >= 0.3 is 0 Å². The van der Waals surface area contributed by atoms with Crippen LogP contribution in [-0.4, -0.2) is 20.5 Å². The van der Waals surface area contributed by atoms with E-state index < -0.39 is 16.1 Å². The zero-order valence-electron chi connectivity index (χ0n) is 11.5. The lowest BCUT2D eigenvalue weighted by Crippen LogP contribution is -2.25. The van der Waals surface area contributed by atoms with Gasteiger partial charge in [0.2, 0.25) is 5.89 Å². The molecule has 4 nitrogen and oxygen atoms in total. The fraction of sp³-hybridized carbons (Fsp3) is 0.286. The molecule has 0 amide bonds. The SMILES string of the molecule is CC(C)(C)[S@+]([O-])/N=C\c1cnc(-c2ccc(Cl)cc2)o1. The van der Waals surface area contributed by atoms with Crippen molar-refractivity contribution in [2.75, 3.05) is 0 Å². The van der Waals surface area contributed by atoms with Gasteiger partial charge in [-0.25, -0.2) is 4.98 Å². The summed E-state index contributed by atoms with van der Waals surface area (Å²) in [4.78, 5) is 4.16. The molecule has 0 aliphatic heterocycles. The summed E-state index contributed by atoms with van der Waals surface area (Å²) < 4.78 is 20.9. The first-order valence-corrected chi connectivity index (χ1v) is 7.52. The van der Waals surface area contributed by atoms with Crippen molar-refractivity contribution in [2.24, 2.45) is 4.40 Å². The Balaban J connectivity index is 2.13. The Morgan fingerprint density at radius 3 is 2.55 bits per heavy atom. The van der Waals surface area contributed by atoms with Crippen LogP contribution >= 0.6 is 11.6 Å². The maximum absolute atomic E-state index is 11.8. The second-order valence-electron chi connectivity index (χ2n) is 5.17. The van der Waals surface area contributed by atoms with Gasteiger partial charge in [0.1, 0.15) is 22.3 Å². The first-order chi connectivity index (χ1) is 9.36. The number of benzene rings is 1. The topological polar surface area (TPSA) is 61.5 Å². The van der Waals surface area contributed by atoms with E-state index in [9.17, 15) is 4.55 Å². The fourth-order valence-corrected chi connectivity index (χ4v) is 1.97. The third-order valence-corrected chi connectivity index (χ3v) is 4.01. The quantitative estimate of drug-likeness (QED) is 0.638. The molecule has 0 radical (unpaired) electrons. The van der Waals surface area contributed by atoms with Crippen LogP contribution in [0, 0.1) is 0 Å². The molecule has 1 aromatic carbocycles. The van der Waals surface area contributed by atoms with Crippen LogP contribution in [-0.2, 0) is 11.4 Å². The Kier molecular flexibility index (Phi) is 4.52. The Bertz CT molecular complexity index is 602. The number of hydrogen-bond acceptors (Lipinski definition) is 4. The van der Waals surface area contributed by atoms with Gasteiger partial charge in [0.15, 0.2) is 5.76 Å². The minimum Gasteiger partial charge on any atom is -0.591 e. The van der Waals surface area contributed by atoms with Crippen molar-refractivity contribution in [1.82, 2.24) is 4.98 Å². The van der Waals surface area contributed by atoms with Crippen LogP contribution in [0.4, 0.5) is 0 Å². The highest BCUT2D eigenvalue weighted by atomic mass is 35.5. The van der Waals surface area contributed by atoms with Crippen molar-refractivity contribution in [3.63, 3.8) is 0 Å². The Labute approximate surface area is 126 Å². The molecule has 2 aromatic rings. The Morgan fingerprint density at radius 2 is 1.95 bits per heavy atom. The summed E-state index contributed by atoms with van der Waals surface area (Å²) >= 11 is 4.51. The van der Waals surface area contributed by atoms with Crippen LogP contribution in [0.5, 0.6) is 0 Å². The van der Waals surface area contributed by atoms with E-state index in [-0.39, 0.29) is 0 Å². The molecule has 0 N–H and O–H groups in total. The second-order valence-corrected chi connectivity index (χ2v) is 7.54. The molecule has 0 spiro atoms. The van der Waals surface area contributed by atoms with Crippen LogP contribution in [0.15, 0.2) is 39.3 Å². The molecule has 0 bridgehead atoms. The summed E-state index contributed by atoms with van der Waals surface area (Å²) in [6, 6.07) is 7.18. The van der Waals surface area contributed by atoms with E-state index in [0.717, 1.165) is 5.56 Å². The second kappa shape index (κ2) is 5.99. The van der Waals surface area contributed by atoms with Crippen molar-refractivity contribution < 1.29 is 8.97 Å². The average molecular weight is 311 g/mol. The van der Waals surface area contributed by atoms with Gasteiger partial charge in [0.25, 0.3) is 0 Å². The lowest BCUT2D eigenvalue weighted by Gasteiger charge is -2.17. The van der Waals surface area contributed by atoms with Gasteiger partial charge < -0.3 is 8.97 Å². The van der Waals surface area contributed by atoms with E-state index in [1.54, 1.807) is 18.3 Å². The number of rotatable bonds is 3. The lowest BCUT2D eigenvalue weighted by atomic mass is 10.2. The van der Waals surface area contributed by atoms with Gasteiger partial charge in [0, 0.05) is 10.6 Å². The van der Waals surface area contributed by atoms with Crippen molar-refractivity contribution in [1.29, 1.82) is 0 Å². The largest absolute Gasteiger partial charge is 0.591 e. The molecule has 0 aliphatic rings. The molecule has 2 rings (SSSR count). The monoisotopic (exact) mass is 310 g/mol. The van der Waals surface area contributed by atoms with E-state index in [4.69, 9.17) is 16.0 Å². The summed E-state index contributed by atoms with van der Waals surface area (Å²) in [6.45, 7) is 5.58. The molecule has 1 aromatic heterocycles. The van der Waals surface area contributed by atoms with Gasteiger partial charge in [-0.2, -0.15) is 0 Å². The van der Waals surface area contributed by atoms with E-state index in [1.807, 2.05) is 32.9 Å². The van der Waals surface area contributed by atoms with Gasteiger partial charge in [0.05, 0.1) is 6.20 Å². The minimum atomic E-state index is -1.31. The molecule has 6 heteroatoms. The van der Waals surface area contributed by atoms with Crippen molar-refractivity contribution >= 4 is 29.2 Å². The summed E-state index contributed by atoms with van der Waals surface area (Å²) in [6.07, 6.45) is 2.99. The molecule has 0 saturated carbocycles. The third kappa shape index (κ3) is 3.85. The minimum absolute atomic E-state index is 0.393. The molecule has 20 heavy (non-hydrogen) atoms. The number of oxazole rings is 1. The molecule has 0 aliphatic carbocycles. The smallest absolute Gasteiger partial charge is 0.226 e. The molecule has 1 heterocycles. The number of nitrogens with zero attached hydrogens (tertiary/aromatic N) is 2. The molecule has 0 unspecified atom stereocenters. The third-order valence-electron chi connectivity index (χ3n) is 2.41. The van der Waals surface area contributed by atoms with E-state index >= 15 is 0 Å². The van der Waals surface area contributed by atoms with Crippen LogP contribution < -0.4 is 0 Å². The predicted molar refractivity (Wildman–Crippen MR) is 82.4 cm³/mol. The van der Waals surface area contributed by atoms with Crippen LogP contribution in [0.1, 0.15) is 26.5 Å². The molecule has 0 saturated heterocycles. The van der Waals surface area contributed by atoms with Gasteiger partial charge in [-0.15, -0.1) is 0 Å². The van der Waals surface area contributed by atoms with Crippen LogP contribution in [0.2, 0.25) is 5.02 Å². The maximum Gasteiger partial charge on any atom is 0.226 e. The normalized spacial score (nSPS) is 13.8. The molecule has 106 valence electrons. The maximum atomic E-state index is 11.8. The highest BCUT2D eigenvalue weighted by Crippen LogP contribution is 2.21. The Hall–Kier alpha value is -1.30. The van der Waals surface area contributed by atoms with Gasteiger partial charge in [-0.3, -0.25) is 0 Å². The zero-order valence-corrected chi connectivity index (χ0v) is 13.0. The first-order valence-electron chi connectivity index (χ1n) is 6.04. The summed E-state index contributed by atoms with van der Waals surface area (Å²) in [7, 11) is 0. The van der Waals surface area contributed by atoms with E-state index in [1.165, 1.54) is 6.21 Å². The molecular formula is C14H15ClN2O2S. The summed E-state index contributed by atoms with van der Waals surface area (Å²) in [5, 5.41) is 0.655. The first kappa shape index (κ1) is 15.1. The Morgan fingerprint density at radius 1 is 1.30 bits per heavy atom. The van der Waals surface area contributed by atoms with E-state index in [0.29, 0.717) is 16.7 Å². The van der Waals surface area contributed by atoms with Crippen LogP contribution in [0.25, 0.3) is 11.5 Å². The average Bonchev–Trinajstić information content (AvgIpc) is 2.84. The van der Waals surface area contributed by atoms with Gasteiger partial charge in [-0.1, -0.05) is 16.0 Å². The standard InChI is InChI=1S/C14H15ClN2O2S/c1-14(2,3)20(18)17-9-12-8-16-13(19-12)10-4-6-11(15)7-5-10/h4-9H,1-3H3/b17-9-/t20-/m0/s1. The van der Waals surface area contributed by atoms with Gasteiger partial charge in [-0.05, 0) is 45.0 Å². The van der Waals surface area contributed by atoms with E-state index in [2.05, 4.69) is 9.38 Å².